The summed E-state index contributed by atoms with van der Waals surface area (Å²) in [6.07, 6.45) is 0.352. The van der Waals surface area contributed by atoms with E-state index in [4.69, 9.17) is 18.9 Å². The van der Waals surface area contributed by atoms with Crippen molar-refractivity contribution in [2.45, 2.75) is 38.3 Å². The molecule has 0 saturated heterocycles. The SMILES string of the molecule is CCOc1cc2c(cc1OCC)[C@@H]1[C@@H](C(=O)NC[C@H]3COc4ccccc4O3)c3ccccc3C(=O)N1CC2. The van der Waals surface area contributed by atoms with Crippen molar-refractivity contribution in [1.29, 1.82) is 0 Å². The lowest BCUT2D eigenvalue weighted by molar-refractivity contribution is -0.124. The molecule has 8 nitrogen and oxygen atoms in total. The second kappa shape index (κ2) is 10.5. The number of nitrogens with one attached hydrogen (secondary N) is 1. The molecule has 39 heavy (non-hydrogen) atoms. The van der Waals surface area contributed by atoms with Crippen molar-refractivity contribution in [1.82, 2.24) is 10.2 Å². The molecule has 6 rings (SSSR count). The minimum atomic E-state index is -0.595. The highest BCUT2D eigenvalue weighted by Gasteiger charge is 2.46. The summed E-state index contributed by atoms with van der Waals surface area (Å²) in [7, 11) is 0. The standard InChI is InChI=1S/C31H32N2O6/c1-3-36-26-15-19-13-14-33-29(23(19)16-27(26)37-4-2)28(21-9-5-6-10-22(21)31(33)35)30(34)32-17-20-18-38-24-11-7-8-12-25(24)39-20/h5-12,15-16,20,28-29H,3-4,13-14,17-18H2,1-2H3,(H,32,34)/t20-,28-,29+/m0/s1. The molecule has 3 aliphatic rings. The van der Waals surface area contributed by atoms with Gasteiger partial charge in [0, 0.05) is 12.1 Å². The van der Waals surface area contributed by atoms with Crippen LogP contribution in [0.2, 0.25) is 0 Å². The number of nitrogens with zero attached hydrogens (tertiary/aromatic N) is 1. The maximum absolute atomic E-state index is 14.0. The van der Waals surface area contributed by atoms with Crippen molar-refractivity contribution in [3.8, 4) is 23.0 Å². The monoisotopic (exact) mass is 528 g/mol. The summed E-state index contributed by atoms with van der Waals surface area (Å²) in [6, 6.07) is 18.4. The number of amides is 2. The van der Waals surface area contributed by atoms with E-state index in [1.54, 1.807) is 0 Å². The number of hydrogen-bond acceptors (Lipinski definition) is 6. The Kier molecular flexibility index (Phi) is 6.77. The number of carbonyl (C=O) groups is 2. The third kappa shape index (κ3) is 4.54. The van der Waals surface area contributed by atoms with Crippen LogP contribution in [0.3, 0.4) is 0 Å². The molecule has 0 radical (unpaired) electrons. The van der Waals surface area contributed by atoms with Crippen LogP contribution in [0, 0.1) is 0 Å². The summed E-state index contributed by atoms with van der Waals surface area (Å²) in [6.45, 7) is 6.00. The maximum Gasteiger partial charge on any atom is 0.254 e. The lowest BCUT2D eigenvalue weighted by atomic mass is 9.75. The van der Waals surface area contributed by atoms with Crippen LogP contribution in [-0.2, 0) is 11.2 Å². The van der Waals surface area contributed by atoms with E-state index in [2.05, 4.69) is 5.32 Å². The Morgan fingerprint density at radius 3 is 2.49 bits per heavy atom. The summed E-state index contributed by atoms with van der Waals surface area (Å²) < 4.78 is 23.7. The number of fused-ring (bicyclic) bond motifs is 5. The van der Waals surface area contributed by atoms with Gasteiger partial charge in [-0.05, 0) is 67.3 Å². The van der Waals surface area contributed by atoms with Gasteiger partial charge in [-0.25, -0.2) is 0 Å². The summed E-state index contributed by atoms with van der Waals surface area (Å²) in [5, 5.41) is 3.11. The molecule has 0 spiro atoms. The number of rotatable bonds is 7. The zero-order chi connectivity index (χ0) is 26.9. The van der Waals surface area contributed by atoms with Gasteiger partial charge in [-0.15, -0.1) is 0 Å². The molecule has 3 atom stereocenters. The Hall–Kier alpha value is -4.20. The van der Waals surface area contributed by atoms with Crippen molar-refractivity contribution in [2.75, 3.05) is 32.9 Å². The zero-order valence-electron chi connectivity index (χ0n) is 22.1. The second-order valence-corrected chi connectivity index (χ2v) is 9.86. The minimum Gasteiger partial charge on any atom is -0.490 e. The molecule has 202 valence electrons. The molecule has 0 aromatic heterocycles. The first-order valence-electron chi connectivity index (χ1n) is 13.6. The maximum atomic E-state index is 14.0. The zero-order valence-corrected chi connectivity index (χ0v) is 22.1. The van der Waals surface area contributed by atoms with E-state index >= 15 is 0 Å². The first kappa shape index (κ1) is 25.1. The van der Waals surface area contributed by atoms with E-state index in [0.717, 1.165) is 16.7 Å². The van der Waals surface area contributed by atoms with Gasteiger partial charge in [-0.3, -0.25) is 9.59 Å². The van der Waals surface area contributed by atoms with Gasteiger partial charge in [0.2, 0.25) is 5.91 Å². The van der Waals surface area contributed by atoms with Gasteiger partial charge in [0.05, 0.1) is 31.7 Å². The van der Waals surface area contributed by atoms with Crippen LogP contribution in [0.1, 0.15) is 52.9 Å². The van der Waals surface area contributed by atoms with Crippen molar-refractivity contribution >= 4 is 11.8 Å². The molecule has 0 bridgehead atoms. The van der Waals surface area contributed by atoms with Gasteiger partial charge in [-0.1, -0.05) is 30.3 Å². The average molecular weight is 529 g/mol. The number of benzene rings is 3. The highest BCUT2D eigenvalue weighted by molar-refractivity contribution is 6.01. The third-order valence-electron chi connectivity index (χ3n) is 7.54. The third-order valence-corrected chi connectivity index (χ3v) is 7.54. The van der Waals surface area contributed by atoms with Crippen molar-refractivity contribution in [2.24, 2.45) is 0 Å². The normalized spacial score (nSPS) is 20.8. The number of carbonyl (C=O) groups excluding carboxylic acids is 2. The largest absolute Gasteiger partial charge is 0.490 e. The Morgan fingerprint density at radius 1 is 0.974 bits per heavy atom. The molecule has 3 aromatic carbocycles. The second-order valence-electron chi connectivity index (χ2n) is 9.86. The highest BCUT2D eigenvalue weighted by Crippen LogP contribution is 2.48. The first-order chi connectivity index (χ1) is 19.1. The summed E-state index contributed by atoms with van der Waals surface area (Å²) >= 11 is 0. The average Bonchev–Trinajstić information content (AvgIpc) is 2.96. The molecule has 2 amide bonds. The number of hydrogen-bond donors (Lipinski definition) is 1. The Bertz CT molecular complexity index is 1410. The topological polar surface area (TPSA) is 86.3 Å². The van der Waals surface area contributed by atoms with Crippen LogP contribution in [0.15, 0.2) is 60.7 Å². The summed E-state index contributed by atoms with van der Waals surface area (Å²) in [4.78, 5) is 29.5. The predicted molar refractivity (Wildman–Crippen MR) is 145 cm³/mol. The van der Waals surface area contributed by atoms with Gasteiger partial charge in [0.1, 0.15) is 12.7 Å². The van der Waals surface area contributed by atoms with E-state index in [9.17, 15) is 9.59 Å². The van der Waals surface area contributed by atoms with E-state index < -0.39 is 12.0 Å². The molecule has 0 aliphatic carbocycles. The highest BCUT2D eigenvalue weighted by atomic mass is 16.6. The molecule has 8 heteroatoms. The van der Waals surface area contributed by atoms with Crippen LogP contribution in [0.4, 0.5) is 0 Å². The van der Waals surface area contributed by atoms with E-state index in [0.29, 0.717) is 61.3 Å². The van der Waals surface area contributed by atoms with E-state index in [1.165, 1.54) is 0 Å². The lowest BCUT2D eigenvalue weighted by Gasteiger charge is -2.45. The van der Waals surface area contributed by atoms with Crippen LogP contribution < -0.4 is 24.3 Å². The van der Waals surface area contributed by atoms with Crippen LogP contribution in [-0.4, -0.2) is 55.7 Å². The van der Waals surface area contributed by atoms with E-state index in [1.807, 2.05) is 79.4 Å². The fraction of sp³-hybridized carbons (Fsp3) is 0.355. The molecule has 0 fully saturated rings. The number of para-hydroxylation sites is 2. The molecule has 0 saturated carbocycles. The van der Waals surface area contributed by atoms with Gasteiger partial charge < -0.3 is 29.2 Å². The summed E-state index contributed by atoms with van der Waals surface area (Å²) in [5.74, 6) is 1.86. The van der Waals surface area contributed by atoms with Crippen LogP contribution in [0.25, 0.3) is 0 Å². The fourth-order valence-electron chi connectivity index (χ4n) is 5.84. The van der Waals surface area contributed by atoms with Crippen molar-refractivity contribution in [3.63, 3.8) is 0 Å². The van der Waals surface area contributed by atoms with Gasteiger partial charge >= 0.3 is 0 Å². The smallest absolute Gasteiger partial charge is 0.254 e. The van der Waals surface area contributed by atoms with Crippen molar-refractivity contribution < 1.29 is 28.5 Å². The van der Waals surface area contributed by atoms with Gasteiger partial charge in [0.25, 0.3) is 5.91 Å². The number of ether oxygens (including phenoxy) is 4. The Balaban J connectivity index is 1.34. The molecule has 3 aromatic rings. The Labute approximate surface area is 227 Å². The van der Waals surface area contributed by atoms with Gasteiger partial charge in [-0.2, -0.15) is 0 Å². The van der Waals surface area contributed by atoms with Crippen LogP contribution >= 0.6 is 0 Å². The minimum absolute atomic E-state index is 0.0576. The Morgan fingerprint density at radius 2 is 1.69 bits per heavy atom. The molecular weight excluding hydrogens is 496 g/mol. The fourth-order valence-corrected chi connectivity index (χ4v) is 5.84. The molecule has 3 aliphatic heterocycles. The molecule has 1 N–H and O–H groups in total. The molecule has 0 unspecified atom stereocenters. The van der Waals surface area contributed by atoms with Crippen LogP contribution in [0.5, 0.6) is 23.0 Å². The quantitative estimate of drug-likeness (QED) is 0.493. The van der Waals surface area contributed by atoms with Crippen molar-refractivity contribution in [3.05, 3.63) is 82.9 Å². The lowest BCUT2D eigenvalue weighted by Crippen LogP contribution is -2.51. The predicted octanol–water partition coefficient (Wildman–Crippen LogP) is 4.28. The molecule has 3 heterocycles. The van der Waals surface area contributed by atoms with E-state index in [-0.39, 0.29) is 24.5 Å². The van der Waals surface area contributed by atoms with Gasteiger partial charge in [0.15, 0.2) is 23.0 Å². The first-order valence-corrected chi connectivity index (χ1v) is 13.6. The molecular formula is C31H32N2O6. The summed E-state index contributed by atoms with van der Waals surface area (Å²) in [5.41, 5.74) is 3.28.